The van der Waals surface area contributed by atoms with E-state index in [1.807, 2.05) is 4.90 Å². The number of anilines is 1. The Kier molecular flexibility index (Phi) is 3.67. The number of halogens is 1. The fourth-order valence-corrected chi connectivity index (χ4v) is 3.33. The summed E-state index contributed by atoms with van der Waals surface area (Å²) in [5, 5.41) is 14.3. The minimum atomic E-state index is -0.626. The maximum absolute atomic E-state index is 14.2. The molecule has 2 aliphatic heterocycles. The fourth-order valence-electron chi connectivity index (χ4n) is 3.33. The number of fused-ring (bicyclic) bond motifs is 1. The van der Waals surface area contributed by atoms with Gasteiger partial charge in [-0.1, -0.05) is 0 Å². The van der Waals surface area contributed by atoms with Crippen LogP contribution in [0.3, 0.4) is 0 Å². The molecule has 6 nitrogen and oxygen atoms in total. The van der Waals surface area contributed by atoms with Crippen LogP contribution < -0.4 is 15.0 Å². The summed E-state index contributed by atoms with van der Waals surface area (Å²) in [6.07, 6.45) is 1.01. The molecule has 2 heterocycles. The molecule has 0 spiro atoms. The van der Waals surface area contributed by atoms with E-state index in [1.54, 1.807) is 0 Å². The van der Waals surface area contributed by atoms with Gasteiger partial charge in [0.1, 0.15) is 0 Å². The number of nitrogens with one attached hydrogen (secondary N) is 1. The highest BCUT2D eigenvalue weighted by Crippen LogP contribution is 2.37. The van der Waals surface area contributed by atoms with Crippen molar-refractivity contribution >= 4 is 11.4 Å². The molecule has 0 aromatic heterocycles. The Morgan fingerprint density at radius 3 is 2.90 bits per heavy atom. The highest BCUT2D eigenvalue weighted by atomic mass is 19.1. The van der Waals surface area contributed by atoms with E-state index in [4.69, 9.17) is 4.74 Å². The molecule has 0 bridgehead atoms. The van der Waals surface area contributed by atoms with Crippen molar-refractivity contribution in [3.63, 3.8) is 0 Å². The Bertz CT molecular complexity index is 567. The zero-order valence-electron chi connectivity index (χ0n) is 11.8. The van der Waals surface area contributed by atoms with E-state index in [0.717, 1.165) is 38.7 Å². The van der Waals surface area contributed by atoms with Gasteiger partial charge in [0.05, 0.1) is 23.8 Å². The van der Waals surface area contributed by atoms with E-state index in [1.165, 1.54) is 13.2 Å². The van der Waals surface area contributed by atoms with Crippen LogP contribution in [0.4, 0.5) is 15.8 Å². The number of piperidine rings is 1. The Labute approximate surface area is 122 Å². The molecule has 1 aromatic carbocycles. The minimum Gasteiger partial charge on any atom is -0.490 e. The van der Waals surface area contributed by atoms with Crippen molar-refractivity contribution in [2.24, 2.45) is 11.8 Å². The third kappa shape index (κ3) is 2.53. The van der Waals surface area contributed by atoms with Crippen molar-refractivity contribution in [2.45, 2.75) is 6.42 Å². The topological polar surface area (TPSA) is 67.6 Å². The van der Waals surface area contributed by atoms with Gasteiger partial charge in [-0.05, 0) is 31.3 Å². The molecule has 3 rings (SSSR count). The first kappa shape index (κ1) is 14.1. The molecule has 1 aromatic rings. The SMILES string of the molecule is COc1cc(N2CCC3CNCC3C2)c(F)cc1[N+](=O)[O-]. The van der Waals surface area contributed by atoms with E-state index in [9.17, 15) is 14.5 Å². The maximum atomic E-state index is 14.2. The number of nitro groups is 1. The zero-order valence-corrected chi connectivity index (χ0v) is 11.8. The number of benzene rings is 1. The van der Waals surface area contributed by atoms with E-state index in [0.29, 0.717) is 17.5 Å². The first-order valence-electron chi connectivity index (χ1n) is 7.07. The number of nitro benzene ring substituents is 1. The summed E-state index contributed by atoms with van der Waals surface area (Å²) in [5.74, 6) is 0.707. The molecule has 0 saturated carbocycles. The van der Waals surface area contributed by atoms with Gasteiger partial charge in [-0.3, -0.25) is 10.1 Å². The maximum Gasteiger partial charge on any atom is 0.313 e. The number of rotatable bonds is 3. The molecule has 2 fully saturated rings. The largest absolute Gasteiger partial charge is 0.490 e. The molecule has 21 heavy (non-hydrogen) atoms. The first-order chi connectivity index (χ1) is 10.1. The summed E-state index contributed by atoms with van der Waals surface area (Å²) in [4.78, 5) is 12.2. The summed E-state index contributed by atoms with van der Waals surface area (Å²) >= 11 is 0. The Morgan fingerprint density at radius 2 is 2.19 bits per heavy atom. The summed E-state index contributed by atoms with van der Waals surface area (Å²) in [7, 11) is 1.36. The van der Waals surface area contributed by atoms with E-state index in [-0.39, 0.29) is 11.4 Å². The van der Waals surface area contributed by atoms with Crippen LogP contribution >= 0.6 is 0 Å². The second kappa shape index (κ2) is 5.48. The zero-order chi connectivity index (χ0) is 15.0. The van der Waals surface area contributed by atoms with Crippen molar-refractivity contribution < 1.29 is 14.1 Å². The minimum absolute atomic E-state index is 0.100. The van der Waals surface area contributed by atoms with Gasteiger partial charge < -0.3 is 15.0 Å². The molecule has 2 aliphatic rings. The number of ether oxygens (including phenoxy) is 1. The average molecular weight is 295 g/mol. The molecule has 2 unspecified atom stereocenters. The van der Waals surface area contributed by atoms with Crippen LogP contribution in [-0.4, -0.2) is 38.2 Å². The molecule has 2 saturated heterocycles. The van der Waals surface area contributed by atoms with Gasteiger partial charge in [-0.25, -0.2) is 4.39 Å². The third-order valence-electron chi connectivity index (χ3n) is 4.49. The van der Waals surface area contributed by atoms with E-state index >= 15 is 0 Å². The third-order valence-corrected chi connectivity index (χ3v) is 4.49. The normalized spacial score (nSPS) is 24.8. The monoisotopic (exact) mass is 295 g/mol. The average Bonchev–Trinajstić information content (AvgIpc) is 2.94. The Morgan fingerprint density at radius 1 is 1.43 bits per heavy atom. The van der Waals surface area contributed by atoms with Crippen molar-refractivity contribution in [3.05, 3.63) is 28.1 Å². The highest BCUT2D eigenvalue weighted by molar-refractivity contribution is 5.60. The number of hydrogen-bond donors (Lipinski definition) is 1. The molecule has 1 N–H and O–H groups in total. The molecule has 0 amide bonds. The summed E-state index contributed by atoms with van der Waals surface area (Å²) in [6, 6.07) is 2.39. The van der Waals surface area contributed by atoms with Crippen LogP contribution in [0.2, 0.25) is 0 Å². The lowest BCUT2D eigenvalue weighted by molar-refractivity contribution is -0.385. The standard InChI is InChI=1S/C14H18FN3O3/c1-21-14-5-12(11(15)4-13(14)18(19)20)17-3-2-9-6-16-7-10(9)8-17/h4-5,9-10,16H,2-3,6-8H2,1H3. The lowest BCUT2D eigenvalue weighted by Crippen LogP contribution is -2.40. The van der Waals surface area contributed by atoms with Crippen molar-refractivity contribution in [1.82, 2.24) is 5.32 Å². The van der Waals surface area contributed by atoms with E-state index in [2.05, 4.69) is 5.32 Å². The van der Waals surface area contributed by atoms with Crippen LogP contribution in [0.15, 0.2) is 12.1 Å². The predicted molar refractivity (Wildman–Crippen MR) is 76.3 cm³/mol. The molecule has 2 atom stereocenters. The van der Waals surface area contributed by atoms with Gasteiger partial charge >= 0.3 is 5.69 Å². The highest BCUT2D eigenvalue weighted by Gasteiger charge is 2.34. The second-order valence-electron chi connectivity index (χ2n) is 5.65. The van der Waals surface area contributed by atoms with Gasteiger partial charge in [0.2, 0.25) is 0 Å². The Hall–Kier alpha value is -1.89. The molecule has 0 radical (unpaired) electrons. The summed E-state index contributed by atoms with van der Waals surface area (Å²) < 4.78 is 19.3. The summed E-state index contributed by atoms with van der Waals surface area (Å²) in [6.45, 7) is 3.52. The van der Waals surface area contributed by atoms with Gasteiger partial charge in [0.15, 0.2) is 11.6 Å². The fraction of sp³-hybridized carbons (Fsp3) is 0.571. The molecular weight excluding hydrogens is 277 g/mol. The lowest BCUT2D eigenvalue weighted by Gasteiger charge is -2.36. The molecule has 7 heteroatoms. The van der Waals surface area contributed by atoms with Crippen LogP contribution in [-0.2, 0) is 0 Å². The van der Waals surface area contributed by atoms with E-state index < -0.39 is 10.7 Å². The molecule has 114 valence electrons. The Balaban J connectivity index is 1.89. The number of hydrogen-bond acceptors (Lipinski definition) is 5. The van der Waals surface area contributed by atoms with Crippen LogP contribution in [0, 0.1) is 27.8 Å². The lowest BCUT2D eigenvalue weighted by atomic mass is 9.88. The van der Waals surface area contributed by atoms with Crippen LogP contribution in [0.5, 0.6) is 5.75 Å². The number of methoxy groups -OCH3 is 1. The predicted octanol–water partition coefficient (Wildman–Crippen LogP) is 1.79. The quantitative estimate of drug-likeness (QED) is 0.680. The van der Waals surface area contributed by atoms with Gasteiger partial charge in [-0.15, -0.1) is 0 Å². The van der Waals surface area contributed by atoms with Crippen molar-refractivity contribution in [3.8, 4) is 5.75 Å². The molecule has 0 aliphatic carbocycles. The summed E-state index contributed by atoms with van der Waals surface area (Å²) in [5.41, 5.74) is 0.0546. The van der Waals surface area contributed by atoms with Crippen LogP contribution in [0.25, 0.3) is 0 Å². The van der Waals surface area contributed by atoms with Gasteiger partial charge in [-0.2, -0.15) is 0 Å². The van der Waals surface area contributed by atoms with Crippen LogP contribution in [0.1, 0.15) is 6.42 Å². The molecular formula is C14H18FN3O3. The van der Waals surface area contributed by atoms with Crippen molar-refractivity contribution in [1.29, 1.82) is 0 Å². The van der Waals surface area contributed by atoms with Gasteiger partial charge in [0.25, 0.3) is 0 Å². The first-order valence-corrected chi connectivity index (χ1v) is 7.07. The van der Waals surface area contributed by atoms with Crippen molar-refractivity contribution in [2.75, 3.05) is 38.2 Å². The smallest absolute Gasteiger partial charge is 0.313 e. The number of nitrogens with zero attached hydrogens (tertiary/aromatic N) is 2. The second-order valence-corrected chi connectivity index (χ2v) is 5.65. The van der Waals surface area contributed by atoms with Gasteiger partial charge in [0, 0.05) is 19.2 Å².